The van der Waals surface area contributed by atoms with Gasteiger partial charge in [-0.25, -0.2) is 4.79 Å². The fraction of sp³-hybridized carbons (Fsp3) is 0.250. The SMILES string of the molecule is CCc1ccc2c(CN[C@@H](C)c3ccc(Cl)cc3Cl)cc(=O)oc2c1. The Balaban J connectivity index is 1.86. The number of hydrogen-bond donors (Lipinski definition) is 1. The van der Waals surface area contributed by atoms with E-state index in [0.717, 1.165) is 28.5 Å². The molecule has 0 amide bonds. The standard InChI is InChI=1S/C20H19Cl2NO2/c1-3-13-4-6-17-14(9-20(24)25-19(17)8-13)11-23-12(2)16-7-5-15(21)10-18(16)22/h4-10,12,23H,3,11H2,1-2H3/t12-/m0/s1. The Bertz CT molecular complexity index is 966. The molecule has 0 unspecified atom stereocenters. The number of halogens is 2. The van der Waals surface area contributed by atoms with Gasteiger partial charge in [0.15, 0.2) is 0 Å². The third kappa shape index (κ3) is 4.06. The molecule has 3 nitrogen and oxygen atoms in total. The number of fused-ring (bicyclic) bond motifs is 1. The summed E-state index contributed by atoms with van der Waals surface area (Å²) in [5.74, 6) is 0. The van der Waals surface area contributed by atoms with E-state index in [1.54, 1.807) is 6.07 Å². The topological polar surface area (TPSA) is 42.2 Å². The van der Waals surface area contributed by atoms with E-state index >= 15 is 0 Å². The monoisotopic (exact) mass is 375 g/mol. The molecule has 0 fully saturated rings. The predicted octanol–water partition coefficient (Wildman–Crippen LogP) is 5.51. The molecule has 25 heavy (non-hydrogen) atoms. The van der Waals surface area contributed by atoms with Crippen LogP contribution in [0.1, 0.15) is 36.6 Å². The lowest BCUT2D eigenvalue weighted by molar-refractivity contribution is 0.547. The van der Waals surface area contributed by atoms with Crippen molar-refractivity contribution in [2.45, 2.75) is 32.9 Å². The molecule has 0 saturated carbocycles. The maximum Gasteiger partial charge on any atom is 0.336 e. The quantitative estimate of drug-likeness (QED) is 0.597. The first-order chi connectivity index (χ1) is 12.0. The molecular weight excluding hydrogens is 357 g/mol. The van der Waals surface area contributed by atoms with Crippen LogP contribution >= 0.6 is 23.2 Å². The van der Waals surface area contributed by atoms with Crippen LogP contribution < -0.4 is 10.9 Å². The van der Waals surface area contributed by atoms with E-state index in [9.17, 15) is 4.79 Å². The first-order valence-electron chi connectivity index (χ1n) is 8.22. The van der Waals surface area contributed by atoms with E-state index < -0.39 is 0 Å². The average Bonchev–Trinajstić information content (AvgIpc) is 2.58. The van der Waals surface area contributed by atoms with Crippen LogP contribution in [0.2, 0.25) is 10.0 Å². The molecule has 1 N–H and O–H groups in total. The van der Waals surface area contributed by atoms with Crippen molar-refractivity contribution < 1.29 is 4.42 Å². The van der Waals surface area contributed by atoms with Crippen LogP contribution in [-0.2, 0) is 13.0 Å². The molecule has 0 bridgehead atoms. The summed E-state index contributed by atoms with van der Waals surface area (Å²) in [6.07, 6.45) is 0.897. The van der Waals surface area contributed by atoms with Gasteiger partial charge in [0.25, 0.3) is 0 Å². The van der Waals surface area contributed by atoms with Gasteiger partial charge in [0.1, 0.15) is 5.58 Å². The van der Waals surface area contributed by atoms with Gasteiger partial charge in [0, 0.05) is 34.1 Å². The van der Waals surface area contributed by atoms with Gasteiger partial charge in [-0.2, -0.15) is 0 Å². The summed E-state index contributed by atoms with van der Waals surface area (Å²) in [5, 5.41) is 5.59. The Kier molecular flexibility index (Phi) is 5.48. The molecule has 2 aromatic carbocycles. The smallest absolute Gasteiger partial charge is 0.336 e. The van der Waals surface area contributed by atoms with Gasteiger partial charge in [-0.1, -0.05) is 48.3 Å². The van der Waals surface area contributed by atoms with Crippen LogP contribution in [0.4, 0.5) is 0 Å². The van der Waals surface area contributed by atoms with Crippen LogP contribution in [0, 0.1) is 0 Å². The van der Waals surface area contributed by atoms with Gasteiger partial charge in [-0.05, 0) is 48.2 Å². The minimum atomic E-state index is -0.338. The summed E-state index contributed by atoms with van der Waals surface area (Å²) < 4.78 is 5.35. The minimum Gasteiger partial charge on any atom is -0.423 e. The second-order valence-corrected chi connectivity index (χ2v) is 6.89. The van der Waals surface area contributed by atoms with Gasteiger partial charge in [0.2, 0.25) is 0 Å². The first-order valence-corrected chi connectivity index (χ1v) is 8.97. The third-order valence-electron chi connectivity index (χ3n) is 4.33. The third-order valence-corrected chi connectivity index (χ3v) is 4.89. The second kappa shape index (κ2) is 7.61. The number of aryl methyl sites for hydroxylation is 1. The van der Waals surface area contributed by atoms with E-state index in [4.69, 9.17) is 27.6 Å². The number of rotatable bonds is 5. The lowest BCUT2D eigenvalue weighted by atomic mass is 10.0. The molecule has 130 valence electrons. The van der Waals surface area contributed by atoms with E-state index in [1.807, 2.05) is 31.2 Å². The van der Waals surface area contributed by atoms with Crippen LogP contribution in [0.5, 0.6) is 0 Å². The summed E-state index contributed by atoms with van der Waals surface area (Å²) in [5.41, 5.74) is 3.30. The van der Waals surface area contributed by atoms with Crippen molar-refractivity contribution in [2.75, 3.05) is 0 Å². The molecule has 3 rings (SSSR count). The van der Waals surface area contributed by atoms with Gasteiger partial charge in [0.05, 0.1) is 0 Å². The number of hydrogen-bond acceptors (Lipinski definition) is 3. The van der Waals surface area contributed by atoms with Crippen molar-refractivity contribution in [3.8, 4) is 0 Å². The highest BCUT2D eigenvalue weighted by molar-refractivity contribution is 6.35. The Morgan fingerprint density at radius 2 is 1.92 bits per heavy atom. The molecule has 1 heterocycles. The molecule has 0 radical (unpaired) electrons. The fourth-order valence-electron chi connectivity index (χ4n) is 2.87. The summed E-state index contributed by atoms with van der Waals surface area (Å²) in [6, 6.07) is 13.0. The van der Waals surface area contributed by atoms with Crippen molar-refractivity contribution in [1.82, 2.24) is 5.32 Å². The molecule has 0 spiro atoms. The molecule has 0 saturated heterocycles. The number of nitrogens with one attached hydrogen (secondary N) is 1. The van der Waals surface area contributed by atoms with Crippen LogP contribution in [0.25, 0.3) is 11.0 Å². The van der Waals surface area contributed by atoms with Crippen molar-refractivity contribution in [3.63, 3.8) is 0 Å². The maximum atomic E-state index is 11.9. The van der Waals surface area contributed by atoms with Gasteiger partial charge < -0.3 is 9.73 Å². The van der Waals surface area contributed by atoms with Gasteiger partial charge in [-0.15, -0.1) is 0 Å². The molecular formula is C20H19Cl2NO2. The molecule has 1 atom stereocenters. The molecule has 1 aromatic heterocycles. The summed E-state index contributed by atoms with van der Waals surface area (Å²) in [7, 11) is 0. The highest BCUT2D eigenvalue weighted by Gasteiger charge is 2.12. The minimum absolute atomic E-state index is 0.0157. The second-order valence-electron chi connectivity index (χ2n) is 6.04. The zero-order valence-corrected chi connectivity index (χ0v) is 15.6. The van der Waals surface area contributed by atoms with Crippen LogP contribution in [0.3, 0.4) is 0 Å². The van der Waals surface area contributed by atoms with E-state index in [0.29, 0.717) is 22.2 Å². The van der Waals surface area contributed by atoms with Gasteiger partial charge >= 0.3 is 5.63 Å². The molecule has 3 aromatic rings. The fourth-order valence-corrected chi connectivity index (χ4v) is 3.44. The lowest BCUT2D eigenvalue weighted by Gasteiger charge is -2.16. The first kappa shape index (κ1) is 18.0. The highest BCUT2D eigenvalue weighted by atomic mass is 35.5. The van der Waals surface area contributed by atoms with Crippen molar-refractivity contribution in [2.24, 2.45) is 0 Å². The Morgan fingerprint density at radius 1 is 1.12 bits per heavy atom. The van der Waals surface area contributed by atoms with E-state index in [2.05, 4.69) is 18.3 Å². The Morgan fingerprint density at radius 3 is 2.64 bits per heavy atom. The zero-order chi connectivity index (χ0) is 18.0. The highest BCUT2D eigenvalue weighted by Crippen LogP contribution is 2.27. The Labute approximate surface area is 156 Å². The van der Waals surface area contributed by atoms with E-state index in [-0.39, 0.29) is 11.7 Å². The molecule has 0 aliphatic rings. The summed E-state index contributed by atoms with van der Waals surface area (Å²) in [4.78, 5) is 11.9. The average molecular weight is 376 g/mol. The summed E-state index contributed by atoms with van der Waals surface area (Å²) in [6.45, 7) is 4.63. The zero-order valence-electron chi connectivity index (χ0n) is 14.1. The predicted molar refractivity (Wildman–Crippen MR) is 104 cm³/mol. The molecule has 5 heteroatoms. The van der Waals surface area contributed by atoms with Gasteiger partial charge in [-0.3, -0.25) is 0 Å². The molecule has 0 aliphatic carbocycles. The largest absolute Gasteiger partial charge is 0.423 e. The van der Waals surface area contributed by atoms with Crippen LogP contribution in [0.15, 0.2) is 51.7 Å². The maximum absolute atomic E-state index is 11.9. The van der Waals surface area contributed by atoms with Crippen molar-refractivity contribution >= 4 is 34.2 Å². The number of benzene rings is 2. The van der Waals surface area contributed by atoms with Crippen molar-refractivity contribution in [1.29, 1.82) is 0 Å². The lowest BCUT2D eigenvalue weighted by Crippen LogP contribution is -2.19. The summed E-state index contributed by atoms with van der Waals surface area (Å²) >= 11 is 12.2. The normalized spacial score (nSPS) is 12.5. The molecule has 0 aliphatic heterocycles. The van der Waals surface area contributed by atoms with Crippen LogP contribution in [-0.4, -0.2) is 0 Å². The van der Waals surface area contributed by atoms with E-state index in [1.165, 1.54) is 6.07 Å². The Hall–Kier alpha value is -1.81. The van der Waals surface area contributed by atoms with Crippen molar-refractivity contribution in [3.05, 3.63) is 79.6 Å².